The molecule has 0 bridgehead atoms. The third-order valence-corrected chi connectivity index (χ3v) is 7.95. The molecule has 2 aliphatic rings. The Morgan fingerprint density at radius 2 is 1.61 bits per heavy atom. The Bertz CT molecular complexity index is 1030. The molecule has 0 saturated heterocycles. The zero-order valence-electron chi connectivity index (χ0n) is 21.5. The van der Waals surface area contributed by atoms with Crippen LogP contribution >= 0.6 is 11.6 Å². The van der Waals surface area contributed by atoms with Crippen molar-refractivity contribution < 1.29 is 14.3 Å². The standard InChI is InChI=1S/C30H39ClN2O3/c1-2-32-20-12-4-3-5-13-21-33(29(34)22-23-14-6-8-16-25(23)31)26-17-9-11-19-28(26)36-27-18-10-7-15-24(27)30(32)35/h6-8,10,14-16,18,26,28H,2-5,9,11-13,17,19-22H2,1H3/t26-,28+/m1/s1. The summed E-state index contributed by atoms with van der Waals surface area (Å²) in [7, 11) is 0. The van der Waals surface area contributed by atoms with Crippen LogP contribution in [0.5, 0.6) is 5.75 Å². The maximum atomic E-state index is 13.7. The predicted octanol–water partition coefficient (Wildman–Crippen LogP) is 6.53. The molecule has 1 aliphatic heterocycles. The van der Waals surface area contributed by atoms with Gasteiger partial charge >= 0.3 is 0 Å². The van der Waals surface area contributed by atoms with E-state index >= 15 is 0 Å². The number of fused-ring (bicyclic) bond motifs is 2. The van der Waals surface area contributed by atoms with Gasteiger partial charge in [-0.2, -0.15) is 0 Å². The minimum absolute atomic E-state index is 0.00991. The summed E-state index contributed by atoms with van der Waals surface area (Å²) in [5.74, 6) is 0.766. The van der Waals surface area contributed by atoms with Crippen molar-refractivity contribution in [2.24, 2.45) is 0 Å². The van der Waals surface area contributed by atoms with Gasteiger partial charge in [0, 0.05) is 24.7 Å². The highest BCUT2D eigenvalue weighted by atomic mass is 35.5. The minimum Gasteiger partial charge on any atom is -0.487 e. The third-order valence-electron chi connectivity index (χ3n) is 7.58. The summed E-state index contributed by atoms with van der Waals surface area (Å²) in [4.78, 5) is 31.1. The number of hydrogen-bond donors (Lipinski definition) is 0. The lowest BCUT2D eigenvalue weighted by Gasteiger charge is -2.40. The summed E-state index contributed by atoms with van der Waals surface area (Å²) in [6, 6.07) is 15.2. The first kappa shape index (κ1) is 26.5. The molecule has 36 heavy (non-hydrogen) atoms. The molecule has 5 nitrogen and oxygen atoms in total. The second-order valence-electron chi connectivity index (χ2n) is 10.0. The molecular formula is C30H39ClN2O3. The number of hydrogen-bond acceptors (Lipinski definition) is 3. The maximum absolute atomic E-state index is 13.7. The molecule has 0 radical (unpaired) electrons. The number of rotatable bonds is 3. The SMILES string of the molecule is CCN1CCCCCCCN(C(=O)Cc2ccccc2Cl)[C@@H]2CCCC[C@@H]2Oc2ccccc2C1=O. The molecule has 2 aromatic carbocycles. The highest BCUT2D eigenvalue weighted by molar-refractivity contribution is 6.31. The second-order valence-corrected chi connectivity index (χ2v) is 10.4. The van der Waals surface area contributed by atoms with E-state index in [1.807, 2.05) is 60.4 Å². The van der Waals surface area contributed by atoms with Crippen molar-refractivity contribution in [1.29, 1.82) is 0 Å². The molecule has 1 aliphatic carbocycles. The number of benzene rings is 2. The second kappa shape index (κ2) is 13.1. The zero-order chi connectivity index (χ0) is 25.3. The van der Waals surface area contributed by atoms with Crippen LogP contribution in [0.1, 0.15) is 80.6 Å². The van der Waals surface area contributed by atoms with Gasteiger partial charge in [0.1, 0.15) is 11.9 Å². The van der Waals surface area contributed by atoms with Crippen LogP contribution in [0.2, 0.25) is 5.02 Å². The number of carbonyl (C=O) groups excluding carboxylic acids is 2. The molecule has 2 atom stereocenters. The summed E-state index contributed by atoms with van der Waals surface area (Å²) in [5.41, 5.74) is 1.48. The first-order valence-corrected chi connectivity index (χ1v) is 14.0. The first-order chi connectivity index (χ1) is 17.6. The van der Waals surface area contributed by atoms with Crippen molar-refractivity contribution >= 4 is 23.4 Å². The molecule has 2 amide bonds. The van der Waals surface area contributed by atoms with E-state index in [9.17, 15) is 9.59 Å². The van der Waals surface area contributed by atoms with Gasteiger partial charge in [0.25, 0.3) is 5.91 Å². The topological polar surface area (TPSA) is 49.9 Å². The smallest absolute Gasteiger partial charge is 0.257 e. The lowest BCUT2D eigenvalue weighted by Crippen LogP contribution is -2.51. The number of nitrogens with zero attached hydrogens (tertiary/aromatic N) is 2. The van der Waals surface area contributed by atoms with E-state index in [1.165, 1.54) is 0 Å². The highest BCUT2D eigenvalue weighted by Gasteiger charge is 2.35. The minimum atomic E-state index is -0.136. The van der Waals surface area contributed by atoms with Crippen LogP contribution in [0, 0.1) is 0 Å². The Morgan fingerprint density at radius 3 is 2.42 bits per heavy atom. The van der Waals surface area contributed by atoms with Crippen molar-refractivity contribution in [3.63, 3.8) is 0 Å². The summed E-state index contributed by atoms with van der Waals surface area (Å²) >= 11 is 6.40. The number of ether oxygens (including phenoxy) is 1. The van der Waals surface area contributed by atoms with Gasteiger partial charge in [-0.05, 0) is 62.8 Å². The summed E-state index contributed by atoms with van der Waals surface area (Å²) < 4.78 is 6.63. The normalized spacial score (nSPS) is 22.0. The largest absolute Gasteiger partial charge is 0.487 e. The fourth-order valence-corrected chi connectivity index (χ4v) is 5.75. The Morgan fingerprint density at radius 1 is 0.917 bits per heavy atom. The van der Waals surface area contributed by atoms with Crippen LogP contribution in [0.4, 0.5) is 0 Å². The number of para-hydroxylation sites is 1. The van der Waals surface area contributed by atoms with Crippen LogP contribution in [0.25, 0.3) is 0 Å². The van der Waals surface area contributed by atoms with Gasteiger partial charge in [-0.1, -0.05) is 67.6 Å². The predicted molar refractivity (Wildman–Crippen MR) is 145 cm³/mol. The first-order valence-electron chi connectivity index (χ1n) is 13.7. The lowest BCUT2D eigenvalue weighted by molar-refractivity contribution is -0.136. The number of halogens is 1. The van der Waals surface area contributed by atoms with E-state index in [0.717, 1.165) is 76.4 Å². The third kappa shape index (κ3) is 6.61. The van der Waals surface area contributed by atoms with Gasteiger partial charge in [-0.3, -0.25) is 9.59 Å². The Balaban J connectivity index is 1.63. The average Bonchev–Trinajstić information content (AvgIpc) is 2.90. The van der Waals surface area contributed by atoms with E-state index in [0.29, 0.717) is 29.3 Å². The molecule has 0 unspecified atom stereocenters. The summed E-state index contributed by atoms with van der Waals surface area (Å²) in [6.07, 6.45) is 9.32. The molecular weight excluding hydrogens is 472 g/mol. The van der Waals surface area contributed by atoms with Crippen LogP contribution in [0.15, 0.2) is 48.5 Å². The highest BCUT2D eigenvalue weighted by Crippen LogP contribution is 2.31. The van der Waals surface area contributed by atoms with E-state index in [-0.39, 0.29) is 24.0 Å². The molecule has 6 heteroatoms. The maximum Gasteiger partial charge on any atom is 0.257 e. The molecule has 0 spiro atoms. The van der Waals surface area contributed by atoms with Crippen LogP contribution < -0.4 is 4.74 Å². The van der Waals surface area contributed by atoms with Crippen LogP contribution in [0.3, 0.4) is 0 Å². The van der Waals surface area contributed by atoms with E-state index in [4.69, 9.17) is 16.3 Å². The molecule has 1 heterocycles. The van der Waals surface area contributed by atoms with E-state index in [2.05, 4.69) is 4.90 Å². The van der Waals surface area contributed by atoms with Crippen molar-refractivity contribution in [2.75, 3.05) is 19.6 Å². The Hall–Kier alpha value is -2.53. The lowest BCUT2D eigenvalue weighted by atomic mass is 9.90. The van der Waals surface area contributed by atoms with Gasteiger partial charge in [-0.15, -0.1) is 0 Å². The monoisotopic (exact) mass is 510 g/mol. The molecule has 194 valence electrons. The van der Waals surface area contributed by atoms with Crippen molar-refractivity contribution in [3.05, 3.63) is 64.7 Å². The van der Waals surface area contributed by atoms with Crippen molar-refractivity contribution in [3.8, 4) is 5.75 Å². The molecule has 4 rings (SSSR count). The van der Waals surface area contributed by atoms with Gasteiger partial charge < -0.3 is 14.5 Å². The molecule has 1 fully saturated rings. The quantitative estimate of drug-likeness (QED) is 0.471. The zero-order valence-corrected chi connectivity index (χ0v) is 22.2. The van der Waals surface area contributed by atoms with Crippen LogP contribution in [-0.4, -0.2) is 53.4 Å². The Labute approximate surface area is 220 Å². The van der Waals surface area contributed by atoms with Crippen LogP contribution in [-0.2, 0) is 11.2 Å². The molecule has 0 aromatic heterocycles. The van der Waals surface area contributed by atoms with Gasteiger partial charge in [0.05, 0.1) is 18.0 Å². The van der Waals surface area contributed by atoms with E-state index < -0.39 is 0 Å². The van der Waals surface area contributed by atoms with E-state index in [1.54, 1.807) is 0 Å². The summed E-state index contributed by atoms with van der Waals surface area (Å²) in [5, 5.41) is 0.633. The number of amides is 2. The Kier molecular flexibility index (Phi) is 9.68. The molecule has 0 N–H and O–H groups in total. The fourth-order valence-electron chi connectivity index (χ4n) is 5.55. The number of carbonyl (C=O) groups is 2. The average molecular weight is 511 g/mol. The van der Waals surface area contributed by atoms with Gasteiger partial charge in [-0.25, -0.2) is 0 Å². The summed E-state index contributed by atoms with van der Waals surface area (Å²) in [6.45, 7) is 4.21. The van der Waals surface area contributed by atoms with Crippen molar-refractivity contribution in [2.45, 2.75) is 83.3 Å². The van der Waals surface area contributed by atoms with Crippen molar-refractivity contribution in [1.82, 2.24) is 9.80 Å². The molecule has 2 aromatic rings. The molecule has 1 saturated carbocycles. The van der Waals surface area contributed by atoms with Gasteiger partial charge in [0.2, 0.25) is 5.91 Å². The fraction of sp³-hybridized carbons (Fsp3) is 0.533. The van der Waals surface area contributed by atoms with Gasteiger partial charge in [0.15, 0.2) is 0 Å².